The van der Waals surface area contributed by atoms with Crippen LogP contribution in [0.2, 0.25) is 0 Å². The van der Waals surface area contributed by atoms with Gasteiger partial charge in [0, 0.05) is 33.0 Å². The zero-order chi connectivity index (χ0) is 11.9. The summed E-state index contributed by atoms with van der Waals surface area (Å²) in [6, 6.07) is 2.18. The lowest BCUT2D eigenvalue weighted by Gasteiger charge is -2.02. The first-order chi connectivity index (χ1) is 7.49. The van der Waals surface area contributed by atoms with Gasteiger partial charge in [-0.05, 0) is 34.8 Å². The van der Waals surface area contributed by atoms with Crippen LogP contribution in [0.5, 0.6) is 0 Å². The predicted molar refractivity (Wildman–Crippen MR) is 73.0 cm³/mol. The molecular weight excluding hydrogens is 284 g/mol. The highest BCUT2D eigenvalue weighted by atomic mass is 79.9. The standard InChI is InChI=1S/C12H15BrN2S/c1-7(2)12-9(6-15(4)14-12)11-5-10(13)8(3)16-11/h5-7H,1-4H3. The van der Waals surface area contributed by atoms with Gasteiger partial charge in [-0.15, -0.1) is 11.3 Å². The number of hydrogen-bond donors (Lipinski definition) is 0. The van der Waals surface area contributed by atoms with Crippen molar-refractivity contribution in [2.75, 3.05) is 0 Å². The van der Waals surface area contributed by atoms with Crippen LogP contribution in [0, 0.1) is 6.92 Å². The van der Waals surface area contributed by atoms with Crippen molar-refractivity contribution in [1.29, 1.82) is 0 Å². The fraction of sp³-hybridized carbons (Fsp3) is 0.417. The van der Waals surface area contributed by atoms with Crippen LogP contribution in [0.4, 0.5) is 0 Å². The van der Waals surface area contributed by atoms with Crippen LogP contribution in [0.25, 0.3) is 10.4 Å². The van der Waals surface area contributed by atoms with Crippen molar-refractivity contribution in [3.63, 3.8) is 0 Å². The predicted octanol–water partition coefficient (Wildman–Crippen LogP) is 4.34. The Kier molecular flexibility index (Phi) is 3.22. The van der Waals surface area contributed by atoms with E-state index in [0.717, 1.165) is 0 Å². The van der Waals surface area contributed by atoms with E-state index in [4.69, 9.17) is 0 Å². The summed E-state index contributed by atoms with van der Waals surface area (Å²) in [5, 5.41) is 4.53. The van der Waals surface area contributed by atoms with Crippen molar-refractivity contribution >= 4 is 27.3 Å². The lowest BCUT2D eigenvalue weighted by Crippen LogP contribution is -1.93. The van der Waals surface area contributed by atoms with Gasteiger partial charge in [0.1, 0.15) is 0 Å². The molecule has 2 rings (SSSR count). The summed E-state index contributed by atoms with van der Waals surface area (Å²) in [4.78, 5) is 2.61. The third-order valence-electron chi connectivity index (χ3n) is 2.53. The summed E-state index contributed by atoms with van der Waals surface area (Å²) in [6.07, 6.45) is 2.10. The Morgan fingerprint density at radius 2 is 2.12 bits per heavy atom. The Balaban J connectivity index is 2.54. The zero-order valence-electron chi connectivity index (χ0n) is 9.91. The molecule has 2 heterocycles. The molecule has 0 atom stereocenters. The van der Waals surface area contributed by atoms with E-state index in [1.54, 1.807) is 0 Å². The van der Waals surface area contributed by atoms with Gasteiger partial charge in [0.05, 0.1) is 5.69 Å². The lowest BCUT2D eigenvalue weighted by molar-refractivity contribution is 0.713. The summed E-state index contributed by atoms with van der Waals surface area (Å²) in [6.45, 7) is 6.49. The maximum absolute atomic E-state index is 4.53. The minimum absolute atomic E-state index is 0.456. The molecule has 0 bridgehead atoms. The Morgan fingerprint density at radius 1 is 1.44 bits per heavy atom. The van der Waals surface area contributed by atoms with E-state index in [1.165, 1.54) is 25.5 Å². The van der Waals surface area contributed by atoms with Gasteiger partial charge in [-0.3, -0.25) is 4.68 Å². The second-order valence-electron chi connectivity index (χ2n) is 4.27. The fourth-order valence-electron chi connectivity index (χ4n) is 1.71. The quantitative estimate of drug-likeness (QED) is 0.806. The maximum Gasteiger partial charge on any atom is 0.0736 e. The van der Waals surface area contributed by atoms with Crippen molar-refractivity contribution in [3.05, 3.63) is 27.3 Å². The monoisotopic (exact) mass is 298 g/mol. The molecule has 4 heteroatoms. The average molecular weight is 299 g/mol. The minimum atomic E-state index is 0.456. The summed E-state index contributed by atoms with van der Waals surface area (Å²) in [5.74, 6) is 0.456. The number of thiophene rings is 1. The van der Waals surface area contributed by atoms with Gasteiger partial charge >= 0.3 is 0 Å². The summed E-state index contributed by atoms with van der Waals surface area (Å²) in [7, 11) is 1.98. The van der Waals surface area contributed by atoms with Gasteiger partial charge in [-0.25, -0.2) is 0 Å². The number of rotatable bonds is 2. The van der Waals surface area contributed by atoms with Crippen LogP contribution in [0.15, 0.2) is 16.7 Å². The van der Waals surface area contributed by atoms with Gasteiger partial charge in [0.25, 0.3) is 0 Å². The number of nitrogens with zero attached hydrogens (tertiary/aromatic N) is 2. The molecule has 16 heavy (non-hydrogen) atoms. The fourth-order valence-corrected chi connectivity index (χ4v) is 3.27. The molecule has 2 nitrogen and oxygen atoms in total. The molecule has 0 fully saturated rings. The molecule has 0 aromatic carbocycles. The molecule has 0 spiro atoms. The molecule has 2 aromatic rings. The van der Waals surface area contributed by atoms with E-state index in [9.17, 15) is 0 Å². The van der Waals surface area contributed by atoms with Gasteiger partial charge in [0.2, 0.25) is 0 Å². The highest BCUT2D eigenvalue weighted by molar-refractivity contribution is 9.10. The highest BCUT2D eigenvalue weighted by Crippen LogP contribution is 2.37. The largest absolute Gasteiger partial charge is 0.275 e. The maximum atomic E-state index is 4.53. The highest BCUT2D eigenvalue weighted by Gasteiger charge is 2.15. The Hall–Kier alpha value is -0.610. The van der Waals surface area contributed by atoms with Crippen LogP contribution in [-0.2, 0) is 7.05 Å². The molecular formula is C12H15BrN2S. The molecule has 0 aliphatic carbocycles. The molecule has 0 radical (unpaired) electrons. The van der Waals surface area contributed by atoms with Gasteiger partial charge in [-0.1, -0.05) is 13.8 Å². The lowest BCUT2D eigenvalue weighted by atomic mass is 10.1. The van der Waals surface area contributed by atoms with Gasteiger partial charge < -0.3 is 0 Å². The van der Waals surface area contributed by atoms with Crippen LogP contribution in [0.1, 0.15) is 30.3 Å². The zero-order valence-corrected chi connectivity index (χ0v) is 12.3. The number of hydrogen-bond acceptors (Lipinski definition) is 2. The topological polar surface area (TPSA) is 17.8 Å². The van der Waals surface area contributed by atoms with Crippen molar-refractivity contribution in [1.82, 2.24) is 9.78 Å². The molecule has 0 saturated heterocycles. The molecule has 0 unspecified atom stereocenters. The third-order valence-corrected chi connectivity index (χ3v) is 4.70. The van der Waals surface area contributed by atoms with E-state index < -0.39 is 0 Å². The summed E-state index contributed by atoms with van der Waals surface area (Å²) in [5.41, 5.74) is 2.44. The second-order valence-corrected chi connectivity index (χ2v) is 6.38. The minimum Gasteiger partial charge on any atom is -0.275 e. The number of halogens is 1. The first-order valence-corrected chi connectivity index (χ1v) is 6.90. The van der Waals surface area contributed by atoms with Gasteiger partial charge in [-0.2, -0.15) is 5.10 Å². The van der Waals surface area contributed by atoms with Crippen LogP contribution in [-0.4, -0.2) is 9.78 Å². The Morgan fingerprint density at radius 3 is 2.62 bits per heavy atom. The number of aryl methyl sites for hydroxylation is 2. The van der Waals surface area contributed by atoms with Crippen LogP contribution >= 0.6 is 27.3 Å². The Bertz CT molecular complexity index is 492. The smallest absolute Gasteiger partial charge is 0.0736 e. The van der Waals surface area contributed by atoms with E-state index in [2.05, 4.69) is 54.1 Å². The average Bonchev–Trinajstić information content (AvgIpc) is 2.71. The molecule has 0 saturated carbocycles. The molecule has 86 valence electrons. The van der Waals surface area contributed by atoms with Crippen molar-refractivity contribution in [3.8, 4) is 10.4 Å². The SMILES string of the molecule is Cc1sc(-c2cn(C)nc2C(C)C)cc1Br. The van der Waals surface area contributed by atoms with Crippen LogP contribution < -0.4 is 0 Å². The Labute approximate surface area is 108 Å². The van der Waals surface area contributed by atoms with Crippen molar-refractivity contribution < 1.29 is 0 Å². The summed E-state index contributed by atoms with van der Waals surface area (Å²) < 4.78 is 3.08. The van der Waals surface area contributed by atoms with E-state index >= 15 is 0 Å². The first-order valence-electron chi connectivity index (χ1n) is 5.29. The van der Waals surface area contributed by atoms with E-state index in [0.29, 0.717) is 5.92 Å². The second kappa shape index (κ2) is 4.34. The molecule has 2 aromatic heterocycles. The third kappa shape index (κ3) is 2.09. The summed E-state index contributed by atoms with van der Waals surface area (Å²) >= 11 is 5.38. The molecule has 0 N–H and O–H groups in total. The van der Waals surface area contributed by atoms with Crippen molar-refractivity contribution in [2.24, 2.45) is 7.05 Å². The molecule has 0 amide bonds. The number of aromatic nitrogens is 2. The normalized spacial score (nSPS) is 11.4. The van der Waals surface area contributed by atoms with E-state index in [-0.39, 0.29) is 0 Å². The van der Waals surface area contributed by atoms with Crippen LogP contribution in [0.3, 0.4) is 0 Å². The van der Waals surface area contributed by atoms with Gasteiger partial charge in [0.15, 0.2) is 0 Å². The molecule has 0 aliphatic heterocycles. The molecule has 0 aliphatic rings. The van der Waals surface area contributed by atoms with E-state index in [1.807, 2.05) is 23.1 Å². The first kappa shape index (κ1) is 11.9. The van der Waals surface area contributed by atoms with Crippen molar-refractivity contribution in [2.45, 2.75) is 26.7 Å².